The third-order valence-corrected chi connectivity index (χ3v) is 4.98. The molecule has 1 saturated heterocycles. The molecule has 0 aliphatic carbocycles. The summed E-state index contributed by atoms with van der Waals surface area (Å²) in [5, 5.41) is 2.99. The minimum Gasteiger partial charge on any atom is -0.345 e. The summed E-state index contributed by atoms with van der Waals surface area (Å²) in [6, 6.07) is 7.70. The molecule has 1 aliphatic rings. The van der Waals surface area contributed by atoms with Crippen LogP contribution in [0.15, 0.2) is 48.1 Å². The predicted octanol–water partition coefficient (Wildman–Crippen LogP) is 2.45. The van der Waals surface area contributed by atoms with Gasteiger partial charge in [0.2, 0.25) is 5.91 Å². The van der Waals surface area contributed by atoms with Crippen molar-refractivity contribution in [1.82, 2.24) is 19.9 Å². The van der Waals surface area contributed by atoms with Crippen LogP contribution in [-0.2, 0) is 4.79 Å². The summed E-state index contributed by atoms with van der Waals surface area (Å²) in [5.41, 5.74) is 2.37. The van der Waals surface area contributed by atoms with Crippen molar-refractivity contribution in [2.24, 2.45) is 0 Å². The normalized spacial score (nSPS) is 15.2. The molecule has 1 fully saturated rings. The zero-order chi connectivity index (χ0) is 17.1. The fourth-order valence-electron chi connectivity index (χ4n) is 2.80. The van der Waals surface area contributed by atoms with Crippen LogP contribution in [0.2, 0.25) is 0 Å². The van der Waals surface area contributed by atoms with E-state index in [1.807, 2.05) is 40.7 Å². The van der Waals surface area contributed by atoms with Crippen molar-refractivity contribution in [1.29, 1.82) is 0 Å². The number of nitrogens with zero attached hydrogens (tertiary/aromatic N) is 5. The number of hydrogen-bond donors (Lipinski definition) is 0. The molecule has 1 aromatic carbocycles. The predicted molar refractivity (Wildman–Crippen MR) is 99.5 cm³/mol. The molecule has 1 aliphatic heterocycles. The number of piperazine rings is 1. The standard InChI is InChI=1S/C18H17N5OS/c24-17(22-8-10-23(11-9-22)18-19-7-12-25-18)6-5-14-13-20-15-3-1-2-4-16(15)21-14/h1-7,12-13H,8-11H2/b6-5+. The molecule has 3 aromatic rings. The summed E-state index contributed by atoms with van der Waals surface area (Å²) in [7, 11) is 0. The number of benzene rings is 1. The largest absolute Gasteiger partial charge is 0.345 e. The number of carbonyl (C=O) groups excluding carboxylic acids is 1. The number of para-hydroxylation sites is 2. The SMILES string of the molecule is O=C(/C=C/c1cnc2ccccc2n1)N1CCN(c2nccs2)CC1. The monoisotopic (exact) mass is 351 g/mol. The van der Waals surface area contributed by atoms with Crippen LogP contribution in [0, 0.1) is 0 Å². The summed E-state index contributed by atoms with van der Waals surface area (Å²) in [4.78, 5) is 29.6. The van der Waals surface area contributed by atoms with Crippen LogP contribution in [0.3, 0.4) is 0 Å². The quantitative estimate of drug-likeness (QED) is 0.678. The Hall–Kier alpha value is -2.80. The van der Waals surface area contributed by atoms with Gasteiger partial charge in [-0.05, 0) is 18.2 Å². The fraction of sp³-hybridized carbons (Fsp3) is 0.222. The zero-order valence-corrected chi connectivity index (χ0v) is 14.4. The van der Waals surface area contributed by atoms with Gasteiger partial charge in [-0.3, -0.25) is 9.78 Å². The third kappa shape index (κ3) is 3.51. The first-order valence-electron chi connectivity index (χ1n) is 8.13. The molecule has 0 N–H and O–H groups in total. The van der Waals surface area contributed by atoms with Gasteiger partial charge in [-0.1, -0.05) is 12.1 Å². The van der Waals surface area contributed by atoms with E-state index in [-0.39, 0.29) is 5.91 Å². The Morgan fingerprint density at radius 2 is 1.88 bits per heavy atom. The first-order chi connectivity index (χ1) is 12.3. The van der Waals surface area contributed by atoms with Crippen molar-refractivity contribution >= 4 is 39.5 Å². The van der Waals surface area contributed by atoms with Gasteiger partial charge >= 0.3 is 0 Å². The molecule has 4 rings (SSSR count). The highest BCUT2D eigenvalue weighted by Gasteiger charge is 2.20. The third-order valence-electron chi connectivity index (χ3n) is 4.15. The number of carbonyl (C=O) groups is 1. The maximum absolute atomic E-state index is 12.4. The molecule has 0 radical (unpaired) electrons. The van der Waals surface area contributed by atoms with Gasteiger partial charge in [-0.2, -0.15) is 0 Å². The van der Waals surface area contributed by atoms with Crippen molar-refractivity contribution < 1.29 is 4.79 Å². The Labute approximate surface area is 149 Å². The minimum atomic E-state index is 0.00810. The first-order valence-corrected chi connectivity index (χ1v) is 9.01. The molecule has 6 nitrogen and oxygen atoms in total. The van der Waals surface area contributed by atoms with Gasteiger partial charge in [0.1, 0.15) is 0 Å². The number of amides is 1. The van der Waals surface area contributed by atoms with Gasteiger partial charge in [-0.25, -0.2) is 9.97 Å². The highest BCUT2D eigenvalue weighted by molar-refractivity contribution is 7.13. The Bertz CT molecular complexity index is 901. The maximum Gasteiger partial charge on any atom is 0.246 e. The van der Waals surface area contributed by atoms with Gasteiger partial charge in [0.15, 0.2) is 5.13 Å². The van der Waals surface area contributed by atoms with E-state index >= 15 is 0 Å². The summed E-state index contributed by atoms with van der Waals surface area (Å²) >= 11 is 1.63. The Morgan fingerprint density at radius 1 is 1.08 bits per heavy atom. The summed E-state index contributed by atoms with van der Waals surface area (Å²) < 4.78 is 0. The van der Waals surface area contributed by atoms with Gasteiger partial charge in [0, 0.05) is 43.8 Å². The Kier molecular flexibility index (Phi) is 4.39. The fourth-order valence-corrected chi connectivity index (χ4v) is 3.50. The molecule has 2 aromatic heterocycles. The van der Waals surface area contributed by atoms with E-state index in [1.54, 1.807) is 29.7 Å². The van der Waals surface area contributed by atoms with E-state index in [0.29, 0.717) is 18.8 Å². The van der Waals surface area contributed by atoms with Crippen LogP contribution in [0.5, 0.6) is 0 Å². The summed E-state index contributed by atoms with van der Waals surface area (Å²) in [6.45, 7) is 3.02. The van der Waals surface area contributed by atoms with Crippen LogP contribution < -0.4 is 4.90 Å². The lowest BCUT2D eigenvalue weighted by Crippen LogP contribution is -2.48. The molecule has 3 heterocycles. The number of thiazole rings is 1. The van der Waals surface area contributed by atoms with Gasteiger partial charge in [0.05, 0.1) is 22.9 Å². The topological polar surface area (TPSA) is 62.2 Å². The second kappa shape index (κ2) is 6.98. The molecular weight excluding hydrogens is 334 g/mol. The average molecular weight is 351 g/mol. The average Bonchev–Trinajstić information content (AvgIpc) is 3.21. The second-order valence-electron chi connectivity index (χ2n) is 5.74. The van der Waals surface area contributed by atoms with Gasteiger partial charge in [-0.15, -0.1) is 11.3 Å². The minimum absolute atomic E-state index is 0.00810. The van der Waals surface area contributed by atoms with Crippen LogP contribution >= 0.6 is 11.3 Å². The highest BCUT2D eigenvalue weighted by atomic mass is 32.1. The van der Waals surface area contributed by atoms with Crippen molar-refractivity contribution in [3.8, 4) is 0 Å². The lowest BCUT2D eigenvalue weighted by Gasteiger charge is -2.34. The first kappa shape index (κ1) is 15.7. The number of rotatable bonds is 3. The zero-order valence-electron chi connectivity index (χ0n) is 13.6. The Balaban J connectivity index is 1.39. The highest BCUT2D eigenvalue weighted by Crippen LogP contribution is 2.19. The van der Waals surface area contributed by atoms with Crippen LogP contribution in [0.1, 0.15) is 5.69 Å². The molecule has 0 bridgehead atoms. The van der Waals surface area contributed by atoms with Crippen LogP contribution in [0.4, 0.5) is 5.13 Å². The second-order valence-corrected chi connectivity index (χ2v) is 6.62. The van der Waals surface area contributed by atoms with E-state index in [9.17, 15) is 4.79 Å². The molecule has 126 valence electrons. The number of aromatic nitrogens is 3. The molecule has 7 heteroatoms. The summed E-state index contributed by atoms with van der Waals surface area (Å²) in [5.74, 6) is 0.00810. The molecule has 0 saturated carbocycles. The van der Waals surface area contributed by atoms with E-state index in [1.165, 1.54) is 0 Å². The van der Waals surface area contributed by atoms with Gasteiger partial charge < -0.3 is 9.80 Å². The smallest absolute Gasteiger partial charge is 0.246 e. The molecular formula is C18H17N5OS. The molecule has 0 unspecified atom stereocenters. The van der Waals surface area contributed by atoms with E-state index in [4.69, 9.17) is 0 Å². The van der Waals surface area contributed by atoms with Crippen molar-refractivity contribution in [2.45, 2.75) is 0 Å². The lowest BCUT2D eigenvalue weighted by atomic mass is 10.2. The van der Waals surface area contributed by atoms with E-state index in [0.717, 1.165) is 29.3 Å². The van der Waals surface area contributed by atoms with Crippen molar-refractivity contribution in [3.05, 3.63) is 53.8 Å². The number of anilines is 1. The van der Waals surface area contributed by atoms with Gasteiger partial charge in [0.25, 0.3) is 0 Å². The van der Waals surface area contributed by atoms with Crippen LogP contribution in [-0.4, -0.2) is 51.9 Å². The maximum atomic E-state index is 12.4. The number of fused-ring (bicyclic) bond motifs is 1. The van der Waals surface area contributed by atoms with Crippen molar-refractivity contribution in [2.75, 3.05) is 31.1 Å². The van der Waals surface area contributed by atoms with E-state index < -0.39 is 0 Å². The van der Waals surface area contributed by atoms with E-state index in [2.05, 4.69) is 19.9 Å². The van der Waals surface area contributed by atoms with Crippen LogP contribution in [0.25, 0.3) is 17.1 Å². The molecule has 0 atom stereocenters. The lowest BCUT2D eigenvalue weighted by molar-refractivity contribution is -0.126. The summed E-state index contributed by atoms with van der Waals surface area (Å²) in [6.07, 6.45) is 6.81. The number of hydrogen-bond acceptors (Lipinski definition) is 6. The Morgan fingerprint density at radius 3 is 2.64 bits per heavy atom. The molecule has 25 heavy (non-hydrogen) atoms. The van der Waals surface area contributed by atoms with Crippen molar-refractivity contribution in [3.63, 3.8) is 0 Å². The molecule has 0 spiro atoms. The molecule has 1 amide bonds.